The van der Waals surface area contributed by atoms with Crippen molar-refractivity contribution in [2.75, 3.05) is 5.32 Å². The zero-order chi connectivity index (χ0) is 13.9. The summed E-state index contributed by atoms with van der Waals surface area (Å²) in [5.41, 5.74) is 2.56. The predicted molar refractivity (Wildman–Crippen MR) is 77.8 cm³/mol. The number of aromatic nitrogens is 3. The fraction of sp³-hybridized carbons (Fsp3) is 0. The van der Waals surface area contributed by atoms with Gasteiger partial charge in [0.2, 0.25) is 0 Å². The average molecular weight is 287 g/mol. The maximum Gasteiger partial charge on any atom is 0.273 e. The molecule has 0 aliphatic rings. The summed E-state index contributed by atoms with van der Waals surface area (Å²) >= 11 is 5.87. The van der Waals surface area contributed by atoms with Gasteiger partial charge in [0.15, 0.2) is 0 Å². The summed E-state index contributed by atoms with van der Waals surface area (Å²) in [5.74, 6) is -0.266. The third-order valence-electron chi connectivity index (χ3n) is 2.78. The van der Waals surface area contributed by atoms with Gasteiger partial charge in [0.25, 0.3) is 5.91 Å². The maximum atomic E-state index is 12.1. The summed E-state index contributed by atoms with van der Waals surface area (Å²) in [6.45, 7) is 0. The number of benzene rings is 1. The van der Waals surface area contributed by atoms with Gasteiger partial charge in [-0.15, -0.1) is 0 Å². The zero-order valence-electron chi connectivity index (χ0n) is 10.4. The molecule has 2 aromatic heterocycles. The second-order valence-corrected chi connectivity index (χ2v) is 4.65. The van der Waals surface area contributed by atoms with Crippen molar-refractivity contribution in [1.29, 1.82) is 0 Å². The second kappa shape index (κ2) is 5.22. The van der Waals surface area contributed by atoms with Gasteiger partial charge in [0.05, 0.1) is 5.69 Å². The first-order valence-electron chi connectivity index (χ1n) is 5.98. The van der Waals surface area contributed by atoms with Crippen LogP contribution in [0.3, 0.4) is 0 Å². The molecule has 3 rings (SSSR count). The maximum absolute atomic E-state index is 12.1. The summed E-state index contributed by atoms with van der Waals surface area (Å²) in [7, 11) is 0. The van der Waals surface area contributed by atoms with Crippen molar-refractivity contribution in [1.82, 2.24) is 15.2 Å². The van der Waals surface area contributed by atoms with E-state index in [9.17, 15) is 4.79 Å². The Labute approximate surface area is 120 Å². The molecule has 0 saturated heterocycles. The topological polar surface area (TPSA) is 73.6 Å². The van der Waals surface area contributed by atoms with Gasteiger partial charge in [0, 0.05) is 16.9 Å². The number of hydrogen-bond donors (Lipinski definition) is 3. The summed E-state index contributed by atoms with van der Waals surface area (Å²) < 4.78 is 0. The third kappa shape index (κ3) is 2.57. The van der Waals surface area contributed by atoms with Gasteiger partial charge in [-0.2, -0.15) is 5.10 Å². The number of nitrogens with one attached hydrogen (secondary N) is 3. The van der Waals surface area contributed by atoms with Crippen LogP contribution in [0.5, 0.6) is 0 Å². The van der Waals surface area contributed by atoms with Crippen LogP contribution in [0.2, 0.25) is 5.02 Å². The Bertz CT molecular complexity index is 733. The smallest absolute Gasteiger partial charge is 0.273 e. The van der Waals surface area contributed by atoms with Crippen molar-refractivity contribution >= 4 is 23.2 Å². The van der Waals surface area contributed by atoms with E-state index in [4.69, 9.17) is 11.6 Å². The highest BCUT2D eigenvalue weighted by atomic mass is 35.5. The molecule has 100 valence electrons. The number of hydrogen-bond acceptors (Lipinski definition) is 2. The quantitative estimate of drug-likeness (QED) is 0.691. The molecule has 3 N–H and O–H groups in total. The lowest BCUT2D eigenvalue weighted by molar-refractivity contribution is 0.102. The highest BCUT2D eigenvalue weighted by Crippen LogP contribution is 2.18. The molecule has 6 heteroatoms. The predicted octanol–water partition coefficient (Wildman–Crippen LogP) is 3.31. The number of rotatable bonds is 3. The standard InChI is InChI=1S/C14H11ClN4O/c15-9-3-1-4-10(7-9)17-14(20)13-8-12(18-19-13)11-5-2-6-16-11/h1-8,16H,(H,17,20)(H,18,19). The van der Waals surface area contributed by atoms with E-state index in [0.29, 0.717) is 22.1 Å². The number of amides is 1. The van der Waals surface area contributed by atoms with Crippen LogP contribution in [0.1, 0.15) is 10.5 Å². The summed E-state index contributed by atoms with van der Waals surface area (Å²) in [4.78, 5) is 15.1. The van der Waals surface area contributed by atoms with E-state index in [0.717, 1.165) is 5.69 Å². The van der Waals surface area contributed by atoms with E-state index >= 15 is 0 Å². The molecule has 0 aliphatic carbocycles. The molecule has 20 heavy (non-hydrogen) atoms. The Morgan fingerprint density at radius 1 is 1.20 bits per heavy atom. The summed E-state index contributed by atoms with van der Waals surface area (Å²) in [5, 5.41) is 10.1. The van der Waals surface area contributed by atoms with Gasteiger partial charge in [-0.05, 0) is 36.4 Å². The van der Waals surface area contributed by atoms with Crippen molar-refractivity contribution in [2.45, 2.75) is 0 Å². The molecule has 2 heterocycles. The number of nitrogens with zero attached hydrogens (tertiary/aromatic N) is 1. The van der Waals surface area contributed by atoms with Crippen molar-refractivity contribution in [3.63, 3.8) is 0 Å². The Hall–Kier alpha value is -2.53. The second-order valence-electron chi connectivity index (χ2n) is 4.22. The van der Waals surface area contributed by atoms with Crippen molar-refractivity contribution < 1.29 is 4.79 Å². The fourth-order valence-electron chi connectivity index (χ4n) is 1.83. The monoisotopic (exact) mass is 286 g/mol. The van der Waals surface area contributed by atoms with Gasteiger partial charge in [-0.3, -0.25) is 9.89 Å². The Balaban J connectivity index is 1.78. The molecule has 0 atom stereocenters. The lowest BCUT2D eigenvalue weighted by Gasteiger charge is -2.03. The minimum atomic E-state index is -0.266. The van der Waals surface area contributed by atoms with Crippen LogP contribution in [-0.2, 0) is 0 Å². The number of anilines is 1. The molecule has 1 aromatic carbocycles. The zero-order valence-corrected chi connectivity index (χ0v) is 11.1. The van der Waals surface area contributed by atoms with Gasteiger partial charge >= 0.3 is 0 Å². The molecule has 0 fully saturated rings. The molecule has 0 unspecified atom stereocenters. The van der Waals surface area contributed by atoms with Crippen LogP contribution in [0, 0.1) is 0 Å². The van der Waals surface area contributed by atoms with Gasteiger partial charge < -0.3 is 10.3 Å². The van der Waals surface area contributed by atoms with E-state index in [1.54, 1.807) is 36.5 Å². The molecule has 0 radical (unpaired) electrons. The molecule has 3 aromatic rings. The fourth-order valence-corrected chi connectivity index (χ4v) is 2.02. The first-order chi connectivity index (χ1) is 9.72. The van der Waals surface area contributed by atoms with Crippen LogP contribution in [-0.4, -0.2) is 21.1 Å². The molecular formula is C14H11ClN4O. The van der Waals surface area contributed by atoms with Crippen molar-refractivity contribution in [2.24, 2.45) is 0 Å². The molecule has 0 aliphatic heterocycles. The molecule has 0 spiro atoms. The van der Waals surface area contributed by atoms with E-state index in [-0.39, 0.29) is 5.91 Å². The Morgan fingerprint density at radius 3 is 2.85 bits per heavy atom. The van der Waals surface area contributed by atoms with Crippen molar-refractivity contribution in [3.8, 4) is 11.4 Å². The Morgan fingerprint density at radius 2 is 2.10 bits per heavy atom. The van der Waals surface area contributed by atoms with Gasteiger partial charge in [-0.25, -0.2) is 0 Å². The van der Waals surface area contributed by atoms with E-state index in [2.05, 4.69) is 20.5 Å². The summed E-state index contributed by atoms with van der Waals surface area (Å²) in [6.07, 6.45) is 1.80. The lowest BCUT2D eigenvalue weighted by atomic mass is 10.2. The van der Waals surface area contributed by atoms with Crippen LogP contribution in [0.25, 0.3) is 11.4 Å². The van der Waals surface area contributed by atoms with Crippen LogP contribution < -0.4 is 5.32 Å². The first kappa shape index (κ1) is 12.5. The van der Waals surface area contributed by atoms with Crippen molar-refractivity contribution in [3.05, 3.63) is 59.4 Å². The molecule has 1 amide bonds. The average Bonchev–Trinajstić information content (AvgIpc) is 3.10. The SMILES string of the molecule is O=C(Nc1cccc(Cl)c1)c1cc(-c2ccc[nH]2)n[nH]1. The van der Waals surface area contributed by atoms with Crippen LogP contribution >= 0.6 is 11.6 Å². The Kier molecular flexibility index (Phi) is 3.26. The van der Waals surface area contributed by atoms with Crippen LogP contribution in [0.4, 0.5) is 5.69 Å². The molecular weight excluding hydrogens is 276 g/mol. The number of H-pyrrole nitrogens is 2. The highest BCUT2D eigenvalue weighted by Gasteiger charge is 2.11. The summed E-state index contributed by atoms with van der Waals surface area (Å²) in [6, 6.07) is 12.4. The number of carbonyl (C=O) groups is 1. The van der Waals surface area contributed by atoms with Gasteiger partial charge in [0.1, 0.15) is 11.4 Å². The first-order valence-corrected chi connectivity index (χ1v) is 6.36. The number of aromatic amines is 2. The normalized spacial score (nSPS) is 10.4. The van der Waals surface area contributed by atoms with Gasteiger partial charge in [-0.1, -0.05) is 17.7 Å². The molecule has 0 bridgehead atoms. The highest BCUT2D eigenvalue weighted by molar-refractivity contribution is 6.30. The molecule has 0 saturated carbocycles. The number of halogens is 1. The molecule has 5 nitrogen and oxygen atoms in total. The van der Waals surface area contributed by atoms with E-state index in [1.165, 1.54) is 0 Å². The minimum Gasteiger partial charge on any atom is -0.360 e. The third-order valence-corrected chi connectivity index (χ3v) is 3.01. The van der Waals surface area contributed by atoms with Crippen LogP contribution in [0.15, 0.2) is 48.7 Å². The van der Waals surface area contributed by atoms with E-state index in [1.807, 2.05) is 12.1 Å². The minimum absolute atomic E-state index is 0.266. The van der Waals surface area contributed by atoms with E-state index < -0.39 is 0 Å². The number of carbonyl (C=O) groups excluding carboxylic acids is 1. The lowest BCUT2D eigenvalue weighted by Crippen LogP contribution is -2.12. The largest absolute Gasteiger partial charge is 0.360 e.